The molecule has 0 radical (unpaired) electrons. The van der Waals surface area contributed by atoms with Crippen molar-refractivity contribution in [1.82, 2.24) is 0 Å². The van der Waals surface area contributed by atoms with Gasteiger partial charge in [0.2, 0.25) is 5.91 Å². The van der Waals surface area contributed by atoms with E-state index < -0.39 is 17.6 Å². The Morgan fingerprint density at radius 1 is 1.17 bits per heavy atom. The number of halogens is 3. The van der Waals surface area contributed by atoms with Crippen molar-refractivity contribution in [3.63, 3.8) is 0 Å². The van der Waals surface area contributed by atoms with Crippen molar-refractivity contribution in [2.75, 3.05) is 5.32 Å². The molecule has 0 bridgehead atoms. The predicted octanol–water partition coefficient (Wildman–Crippen LogP) is 4.94. The number of nitrogens with one attached hydrogen (secondary N) is 1. The van der Waals surface area contributed by atoms with Gasteiger partial charge in [-0.1, -0.05) is 17.7 Å². The molecule has 1 N–H and O–H groups in total. The van der Waals surface area contributed by atoms with Crippen LogP contribution >= 0.6 is 0 Å². The van der Waals surface area contributed by atoms with Gasteiger partial charge in [0.1, 0.15) is 5.58 Å². The summed E-state index contributed by atoms with van der Waals surface area (Å²) in [7, 11) is 0. The molecule has 0 saturated heterocycles. The molecular formula is C18H14F3NO2. The molecule has 0 unspecified atom stereocenters. The Bertz CT molecular complexity index is 897. The van der Waals surface area contributed by atoms with E-state index in [1.807, 2.05) is 25.1 Å². The summed E-state index contributed by atoms with van der Waals surface area (Å²) in [6.07, 6.45) is -2.93. The normalized spacial score (nSPS) is 11.7. The van der Waals surface area contributed by atoms with E-state index in [-0.39, 0.29) is 12.1 Å². The van der Waals surface area contributed by atoms with E-state index in [4.69, 9.17) is 4.42 Å². The molecule has 0 aliphatic carbocycles. The minimum Gasteiger partial charge on any atom is -0.464 e. The molecule has 1 amide bonds. The second-order valence-electron chi connectivity index (χ2n) is 5.56. The first kappa shape index (κ1) is 16.1. The van der Waals surface area contributed by atoms with Crippen LogP contribution in [0.3, 0.4) is 0 Å². The number of carbonyl (C=O) groups is 1. The highest BCUT2D eigenvalue weighted by molar-refractivity contribution is 5.95. The van der Waals surface area contributed by atoms with Crippen LogP contribution in [0.25, 0.3) is 11.0 Å². The number of hydrogen-bond acceptors (Lipinski definition) is 2. The summed E-state index contributed by atoms with van der Waals surface area (Å²) in [6, 6.07) is 10.2. The monoisotopic (exact) mass is 333 g/mol. The lowest BCUT2D eigenvalue weighted by atomic mass is 10.1. The van der Waals surface area contributed by atoms with E-state index in [1.54, 1.807) is 0 Å². The lowest BCUT2D eigenvalue weighted by Crippen LogP contribution is -2.15. The van der Waals surface area contributed by atoms with Crippen LogP contribution in [0.15, 0.2) is 53.1 Å². The quantitative estimate of drug-likeness (QED) is 0.737. The number of benzene rings is 2. The largest absolute Gasteiger partial charge is 0.464 e. The molecule has 0 atom stereocenters. The molecule has 2 aromatic carbocycles. The highest BCUT2D eigenvalue weighted by Gasteiger charge is 2.30. The van der Waals surface area contributed by atoms with Gasteiger partial charge < -0.3 is 9.73 Å². The van der Waals surface area contributed by atoms with E-state index in [9.17, 15) is 18.0 Å². The Morgan fingerprint density at radius 3 is 2.71 bits per heavy atom. The first-order valence-corrected chi connectivity index (χ1v) is 7.27. The average molecular weight is 333 g/mol. The van der Waals surface area contributed by atoms with Crippen molar-refractivity contribution in [3.8, 4) is 0 Å². The Balaban J connectivity index is 1.77. The van der Waals surface area contributed by atoms with Gasteiger partial charge in [0, 0.05) is 16.6 Å². The van der Waals surface area contributed by atoms with Crippen molar-refractivity contribution in [3.05, 3.63) is 65.4 Å². The lowest BCUT2D eigenvalue weighted by molar-refractivity contribution is -0.137. The lowest BCUT2D eigenvalue weighted by Gasteiger charge is -2.09. The minimum absolute atomic E-state index is 0.0205. The maximum absolute atomic E-state index is 12.7. The first-order chi connectivity index (χ1) is 11.3. The van der Waals surface area contributed by atoms with Crippen LogP contribution in [0, 0.1) is 6.92 Å². The number of aryl methyl sites for hydroxylation is 1. The van der Waals surface area contributed by atoms with Crippen LogP contribution in [-0.2, 0) is 17.4 Å². The number of hydrogen-bond donors (Lipinski definition) is 1. The SMILES string of the molecule is Cc1ccc2occ(CC(=O)Nc3cccc(C(F)(F)F)c3)c2c1. The fourth-order valence-corrected chi connectivity index (χ4v) is 2.48. The summed E-state index contributed by atoms with van der Waals surface area (Å²) in [4.78, 5) is 12.1. The molecule has 3 rings (SSSR count). The van der Waals surface area contributed by atoms with Crippen LogP contribution in [0.1, 0.15) is 16.7 Å². The molecule has 1 aromatic heterocycles. The highest BCUT2D eigenvalue weighted by Crippen LogP contribution is 2.30. The third-order valence-corrected chi connectivity index (χ3v) is 3.63. The maximum Gasteiger partial charge on any atom is 0.416 e. The van der Waals surface area contributed by atoms with Crippen molar-refractivity contribution >= 4 is 22.6 Å². The summed E-state index contributed by atoms with van der Waals surface area (Å²) in [5.74, 6) is -0.404. The maximum atomic E-state index is 12.7. The topological polar surface area (TPSA) is 42.2 Å². The summed E-state index contributed by atoms with van der Waals surface area (Å²) in [5, 5.41) is 3.32. The molecule has 0 aliphatic heterocycles. The molecule has 1 heterocycles. The van der Waals surface area contributed by atoms with Gasteiger partial charge in [0.25, 0.3) is 0 Å². The third kappa shape index (κ3) is 3.42. The molecule has 3 aromatic rings. The molecule has 0 saturated carbocycles. The van der Waals surface area contributed by atoms with Gasteiger partial charge in [-0.25, -0.2) is 0 Å². The van der Waals surface area contributed by atoms with Crippen molar-refractivity contribution in [2.45, 2.75) is 19.5 Å². The van der Waals surface area contributed by atoms with Crippen LogP contribution in [0.2, 0.25) is 0 Å². The fourth-order valence-electron chi connectivity index (χ4n) is 2.48. The van der Waals surface area contributed by atoms with E-state index in [0.717, 1.165) is 23.1 Å². The van der Waals surface area contributed by atoms with Crippen molar-refractivity contribution in [1.29, 1.82) is 0 Å². The smallest absolute Gasteiger partial charge is 0.416 e. The van der Waals surface area contributed by atoms with Crippen LogP contribution < -0.4 is 5.32 Å². The van der Waals surface area contributed by atoms with Gasteiger partial charge in [-0.2, -0.15) is 13.2 Å². The highest BCUT2D eigenvalue weighted by atomic mass is 19.4. The zero-order valence-corrected chi connectivity index (χ0v) is 12.8. The van der Waals surface area contributed by atoms with Crippen LogP contribution in [-0.4, -0.2) is 5.91 Å². The Kier molecular flexibility index (Phi) is 4.05. The number of alkyl halides is 3. The summed E-state index contributed by atoms with van der Waals surface area (Å²) in [6.45, 7) is 1.93. The molecule has 24 heavy (non-hydrogen) atoms. The molecule has 0 aliphatic rings. The molecule has 3 nitrogen and oxygen atoms in total. The number of carbonyl (C=O) groups excluding carboxylic acids is 1. The zero-order valence-electron chi connectivity index (χ0n) is 12.8. The average Bonchev–Trinajstić information content (AvgIpc) is 2.89. The second kappa shape index (κ2) is 6.03. The van der Waals surface area contributed by atoms with Gasteiger partial charge >= 0.3 is 6.18 Å². The zero-order chi connectivity index (χ0) is 17.3. The van der Waals surface area contributed by atoms with E-state index in [2.05, 4.69) is 5.32 Å². The summed E-state index contributed by atoms with van der Waals surface area (Å²) >= 11 is 0. The van der Waals surface area contributed by atoms with E-state index in [0.29, 0.717) is 11.1 Å². The van der Waals surface area contributed by atoms with E-state index in [1.165, 1.54) is 18.4 Å². The van der Waals surface area contributed by atoms with Gasteiger partial charge in [0.05, 0.1) is 18.2 Å². The van der Waals surface area contributed by atoms with E-state index >= 15 is 0 Å². The summed E-state index contributed by atoms with van der Waals surface area (Å²) < 4.78 is 43.5. The Hall–Kier alpha value is -2.76. The summed E-state index contributed by atoms with van der Waals surface area (Å²) in [5.41, 5.74) is 1.70. The molecule has 0 spiro atoms. The minimum atomic E-state index is -4.45. The van der Waals surface area contributed by atoms with Crippen LogP contribution in [0.5, 0.6) is 0 Å². The third-order valence-electron chi connectivity index (χ3n) is 3.63. The van der Waals surface area contributed by atoms with Crippen molar-refractivity contribution < 1.29 is 22.4 Å². The van der Waals surface area contributed by atoms with Gasteiger partial charge in [-0.05, 0) is 37.3 Å². The standard InChI is InChI=1S/C18H14F3NO2/c1-11-5-6-16-15(7-11)12(10-24-16)8-17(23)22-14-4-2-3-13(9-14)18(19,20)21/h2-7,9-10H,8H2,1H3,(H,22,23). The Labute approximate surface area is 136 Å². The van der Waals surface area contributed by atoms with Crippen LogP contribution in [0.4, 0.5) is 18.9 Å². The Morgan fingerprint density at radius 2 is 1.96 bits per heavy atom. The second-order valence-corrected chi connectivity index (χ2v) is 5.56. The first-order valence-electron chi connectivity index (χ1n) is 7.27. The predicted molar refractivity (Wildman–Crippen MR) is 84.7 cm³/mol. The number of anilines is 1. The molecular weight excluding hydrogens is 319 g/mol. The molecule has 0 fully saturated rings. The van der Waals surface area contributed by atoms with Gasteiger partial charge in [-0.15, -0.1) is 0 Å². The van der Waals surface area contributed by atoms with Gasteiger partial charge in [0.15, 0.2) is 0 Å². The molecule has 6 heteroatoms. The number of rotatable bonds is 3. The number of amides is 1. The fraction of sp³-hybridized carbons (Fsp3) is 0.167. The van der Waals surface area contributed by atoms with Gasteiger partial charge in [-0.3, -0.25) is 4.79 Å². The van der Waals surface area contributed by atoms with Crippen molar-refractivity contribution in [2.24, 2.45) is 0 Å². The number of fused-ring (bicyclic) bond motifs is 1. The molecule has 124 valence electrons. The number of furan rings is 1.